The molecule has 0 aromatic heterocycles. The van der Waals surface area contributed by atoms with E-state index in [2.05, 4.69) is 5.32 Å². The molecule has 1 unspecified atom stereocenters. The number of nitrogens with one attached hydrogen (secondary N) is 1. The molecule has 0 spiro atoms. The lowest BCUT2D eigenvalue weighted by Gasteiger charge is -2.22. The fourth-order valence-electron chi connectivity index (χ4n) is 2.62. The Morgan fingerprint density at radius 1 is 1.44 bits per heavy atom. The maximum atomic E-state index is 13.1. The number of nitrogens with two attached hydrogens (primary N) is 1. The van der Waals surface area contributed by atoms with Crippen LogP contribution in [0, 0.1) is 12.7 Å². The second kappa shape index (κ2) is 5.48. The normalized spacial score (nSPS) is 17.9. The Morgan fingerprint density at radius 2 is 2.11 bits per heavy atom. The van der Waals surface area contributed by atoms with Crippen molar-refractivity contribution >= 4 is 5.91 Å². The van der Waals surface area contributed by atoms with Crippen LogP contribution in [-0.4, -0.2) is 11.9 Å². The maximum absolute atomic E-state index is 13.1. The van der Waals surface area contributed by atoms with E-state index in [1.54, 1.807) is 13.0 Å². The van der Waals surface area contributed by atoms with E-state index in [1.807, 2.05) is 0 Å². The highest BCUT2D eigenvalue weighted by Crippen LogP contribution is 2.24. The largest absolute Gasteiger partial charge is 0.368 e. The van der Waals surface area contributed by atoms with E-state index in [0.717, 1.165) is 24.0 Å². The summed E-state index contributed by atoms with van der Waals surface area (Å²) in [5.74, 6) is -0.697. The number of hydrogen-bond donors (Lipinski definition) is 2. The van der Waals surface area contributed by atoms with Crippen LogP contribution >= 0.6 is 0 Å². The SMILES string of the molecule is Cc1cc(F)ccc1C(NC1CCCC1)C(N)=O. The summed E-state index contributed by atoms with van der Waals surface area (Å²) >= 11 is 0. The maximum Gasteiger partial charge on any atom is 0.239 e. The molecule has 0 bridgehead atoms. The summed E-state index contributed by atoms with van der Waals surface area (Å²) < 4.78 is 13.1. The van der Waals surface area contributed by atoms with Gasteiger partial charge in [-0.15, -0.1) is 0 Å². The number of benzene rings is 1. The van der Waals surface area contributed by atoms with Crippen molar-refractivity contribution in [2.24, 2.45) is 5.73 Å². The first-order chi connectivity index (χ1) is 8.58. The zero-order valence-electron chi connectivity index (χ0n) is 10.6. The third kappa shape index (κ3) is 2.88. The fraction of sp³-hybridized carbons (Fsp3) is 0.500. The van der Waals surface area contributed by atoms with E-state index in [1.165, 1.54) is 25.0 Å². The fourth-order valence-corrected chi connectivity index (χ4v) is 2.62. The van der Waals surface area contributed by atoms with Gasteiger partial charge in [0, 0.05) is 6.04 Å². The van der Waals surface area contributed by atoms with Gasteiger partial charge in [-0.1, -0.05) is 18.9 Å². The van der Waals surface area contributed by atoms with Gasteiger partial charge in [-0.05, 0) is 43.0 Å². The predicted molar refractivity (Wildman–Crippen MR) is 68.5 cm³/mol. The van der Waals surface area contributed by atoms with Gasteiger partial charge in [-0.3, -0.25) is 10.1 Å². The van der Waals surface area contributed by atoms with Crippen LogP contribution in [-0.2, 0) is 4.79 Å². The number of hydrogen-bond acceptors (Lipinski definition) is 2. The van der Waals surface area contributed by atoms with Crippen LogP contribution in [0.4, 0.5) is 4.39 Å². The Morgan fingerprint density at radius 3 is 2.67 bits per heavy atom. The highest BCUT2D eigenvalue weighted by atomic mass is 19.1. The van der Waals surface area contributed by atoms with Crippen molar-refractivity contribution in [3.05, 3.63) is 35.1 Å². The average molecular weight is 250 g/mol. The lowest BCUT2D eigenvalue weighted by Crippen LogP contribution is -2.39. The summed E-state index contributed by atoms with van der Waals surface area (Å²) in [6.07, 6.45) is 4.52. The summed E-state index contributed by atoms with van der Waals surface area (Å²) in [7, 11) is 0. The molecule has 1 aliphatic rings. The van der Waals surface area contributed by atoms with Crippen molar-refractivity contribution in [2.45, 2.75) is 44.7 Å². The molecule has 3 nitrogen and oxygen atoms in total. The molecule has 1 aliphatic carbocycles. The van der Waals surface area contributed by atoms with E-state index in [0.29, 0.717) is 6.04 Å². The lowest BCUT2D eigenvalue weighted by molar-refractivity contribution is -0.120. The molecule has 0 saturated heterocycles. The minimum Gasteiger partial charge on any atom is -0.368 e. The molecule has 1 aromatic carbocycles. The highest BCUT2D eigenvalue weighted by molar-refractivity contribution is 5.81. The molecule has 1 amide bonds. The predicted octanol–water partition coefficient (Wildman–Crippen LogP) is 2.19. The minimum atomic E-state index is -0.520. The molecule has 98 valence electrons. The van der Waals surface area contributed by atoms with Gasteiger partial charge in [0.2, 0.25) is 5.91 Å². The molecule has 18 heavy (non-hydrogen) atoms. The standard InChI is InChI=1S/C14H19FN2O/c1-9-8-10(15)6-7-12(9)13(14(16)18)17-11-4-2-3-5-11/h6-8,11,13,17H,2-5H2,1H3,(H2,16,18). The second-order valence-corrected chi connectivity index (χ2v) is 4.98. The van der Waals surface area contributed by atoms with Crippen LogP contribution in [0.5, 0.6) is 0 Å². The number of carbonyl (C=O) groups is 1. The summed E-state index contributed by atoms with van der Waals surface area (Å²) in [5.41, 5.74) is 6.99. The van der Waals surface area contributed by atoms with Crippen LogP contribution < -0.4 is 11.1 Å². The number of carbonyl (C=O) groups excluding carboxylic acids is 1. The first-order valence-electron chi connectivity index (χ1n) is 6.39. The lowest BCUT2D eigenvalue weighted by atomic mass is 9.99. The third-order valence-electron chi connectivity index (χ3n) is 3.58. The average Bonchev–Trinajstić information content (AvgIpc) is 2.79. The number of aryl methyl sites for hydroxylation is 1. The van der Waals surface area contributed by atoms with Gasteiger partial charge in [0.05, 0.1) is 0 Å². The highest BCUT2D eigenvalue weighted by Gasteiger charge is 2.25. The van der Waals surface area contributed by atoms with Crippen LogP contribution in [0.25, 0.3) is 0 Å². The molecule has 3 N–H and O–H groups in total. The number of rotatable bonds is 4. The van der Waals surface area contributed by atoms with Crippen molar-refractivity contribution in [3.8, 4) is 0 Å². The van der Waals surface area contributed by atoms with E-state index in [4.69, 9.17) is 5.73 Å². The van der Waals surface area contributed by atoms with Gasteiger partial charge in [-0.2, -0.15) is 0 Å². The molecule has 0 radical (unpaired) electrons. The van der Waals surface area contributed by atoms with Gasteiger partial charge in [0.25, 0.3) is 0 Å². The molecule has 1 atom stereocenters. The Labute approximate surface area is 107 Å². The zero-order chi connectivity index (χ0) is 13.1. The molecular formula is C14H19FN2O. The van der Waals surface area contributed by atoms with Gasteiger partial charge < -0.3 is 5.73 Å². The zero-order valence-corrected chi connectivity index (χ0v) is 10.6. The number of primary amides is 1. The van der Waals surface area contributed by atoms with Crippen LogP contribution in [0.3, 0.4) is 0 Å². The Bertz CT molecular complexity index is 441. The van der Waals surface area contributed by atoms with Gasteiger partial charge in [0.15, 0.2) is 0 Å². The van der Waals surface area contributed by atoms with Crippen LogP contribution in [0.1, 0.15) is 42.9 Å². The summed E-state index contributed by atoms with van der Waals surface area (Å²) in [5, 5.41) is 3.29. The quantitative estimate of drug-likeness (QED) is 0.860. The third-order valence-corrected chi connectivity index (χ3v) is 3.58. The van der Waals surface area contributed by atoms with Crippen molar-refractivity contribution in [1.82, 2.24) is 5.32 Å². The van der Waals surface area contributed by atoms with E-state index >= 15 is 0 Å². The van der Waals surface area contributed by atoms with E-state index in [-0.39, 0.29) is 5.82 Å². The first-order valence-corrected chi connectivity index (χ1v) is 6.39. The van der Waals surface area contributed by atoms with Crippen molar-refractivity contribution in [1.29, 1.82) is 0 Å². The smallest absolute Gasteiger partial charge is 0.239 e. The topological polar surface area (TPSA) is 55.1 Å². The van der Waals surface area contributed by atoms with Crippen molar-refractivity contribution < 1.29 is 9.18 Å². The Balaban J connectivity index is 2.20. The second-order valence-electron chi connectivity index (χ2n) is 4.98. The molecule has 0 heterocycles. The number of halogens is 1. The molecule has 1 aromatic rings. The van der Waals surface area contributed by atoms with Crippen molar-refractivity contribution in [3.63, 3.8) is 0 Å². The van der Waals surface area contributed by atoms with Crippen LogP contribution in [0.2, 0.25) is 0 Å². The van der Waals surface area contributed by atoms with Gasteiger partial charge in [0.1, 0.15) is 11.9 Å². The van der Waals surface area contributed by atoms with Gasteiger partial charge in [-0.25, -0.2) is 4.39 Å². The van der Waals surface area contributed by atoms with E-state index in [9.17, 15) is 9.18 Å². The molecular weight excluding hydrogens is 231 g/mol. The van der Waals surface area contributed by atoms with Crippen LogP contribution in [0.15, 0.2) is 18.2 Å². The number of amides is 1. The monoisotopic (exact) mass is 250 g/mol. The molecule has 1 saturated carbocycles. The Hall–Kier alpha value is -1.42. The van der Waals surface area contributed by atoms with E-state index < -0.39 is 11.9 Å². The molecule has 1 fully saturated rings. The van der Waals surface area contributed by atoms with Gasteiger partial charge >= 0.3 is 0 Å². The molecule has 0 aliphatic heterocycles. The summed E-state index contributed by atoms with van der Waals surface area (Å²) in [6, 6.07) is 4.26. The van der Waals surface area contributed by atoms with Crippen molar-refractivity contribution in [2.75, 3.05) is 0 Å². The summed E-state index contributed by atoms with van der Waals surface area (Å²) in [6.45, 7) is 1.80. The Kier molecular flexibility index (Phi) is 3.97. The molecule has 4 heteroatoms. The minimum absolute atomic E-state index is 0.291. The molecule has 2 rings (SSSR count). The first kappa shape index (κ1) is 13.0. The summed E-state index contributed by atoms with van der Waals surface area (Å²) in [4.78, 5) is 11.6.